The van der Waals surface area contributed by atoms with Crippen LogP contribution < -0.4 is 5.32 Å². The molecule has 0 spiro atoms. The van der Waals surface area contributed by atoms with Gasteiger partial charge in [0.25, 0.3) is 0 Å². The number of hydrogen-bond donors (Lipinski definition) is 2. The van der Waals surface area contributed by atoms with Gasteiger partial charge >= 0.3 is 5.97 Å². The molecule has 88 valence electrons. The standard InChI is InChI=1S/C10H19NO4/c1-4-15-9(14)6-5-8(13)11-10(2,3)7-12/h12H,4-7H2,1-3H3,(H,11,13). The lowest BCUT2D eigenvalue weighted by Gasteiger charge is -2.23. The zero-order chi connectivity index (χ0) is 11.9. The summed E-state index contributed by atoms with van der Waals surface area (Å²) in [6, 6.07) is 0. The summed E-state index contributed by atoms with van der Waals surface area (Å²) in [5.41, 5.74) is -0.647. The van der Waals surface area contributed by atoms with Crippen LogP contribution in [0.2, 0.25) is 0 Å². The number of rotatable bonds is 6. The van der Waals surface area contributed by atoms with Crippen molar-refractivity contribution in [2.24, 2.45) is 0 Å². The molecule has 0 saturated carbocycles. The van der Waals surface area contributed by atoms with Crippen LogP contribution in [0.15, 0.2) is 0 Å². The van der Waals surface area contributed by atoms with E-state index in [0.717, 1.165) is 0 Å². The van der Waals surface area contributed by atoms with E-state index in [-0.39, 0.29) is 31.3 Å². The van der Waals surface area contributed by atoms with Gasteiger partial charge in [-0.15, -0.1) is 0 Å². The van der Waals surface area contributed by atoms with Gasteiger partial charge in [0.05, 0.1) is 25.2 Å². The highest BCUT2D eigenvalue weighted by atomic mass is 16.5. The molecule has 5 heteroatoms. The Hall–Kier alpha value is -1.10. The highest BCUT2D eigenvalue weighted by Crippen LogP contribution is 2.01. The SMILES string of the molecule is CCOC(=O)CCC(=O)NC(C)(C)CO. The average molecular weight is 217 g/mol. The van der Waals surface area contributed by atoms with Crippen LogP contribution in [-0.2, 0) is 14.3 Å². The first-order valence-electron chi connectivity index (χ1n) is 4.99. The maximum atomic E-state index is 11.3. The molecule has 15 heavy (non-hydrogen) atoms. The normalized spacial score (nSPS) is 10.9. The molecule has 0 aliphatic heterocycles. The van der Waals surface area contributed by atoms with Gasteiger partial charge in [0, 0.05) is 6.42 Å². The Labute approximate surface area is 89.8 Å². The molecule has 0 aromatic heterocycles. The fraction of sp³-hybridized carbons (Fsp3) is 0.800. The molecule has 0 bridgehead atoms. The fourth-order valence-corrected chi connectivity index (χ4v) is 0.928. The molecular formula is C10H19NO4. The lowest BCUT2D eigenvalue weighted by molar-refractivity contribution is -0.144. The summed E-state index contributed by atoms with van der Waals surface area (Å²) >= 11 is 0. The summed E-state index contributed by atoms with van der Waals surface area (Å²) in [4.78, 5) is 22.2. The van der Waals surface area contributed by atoms with Gasteiger partial charge in [-0.25, -0.2) is 0 Å². The van der Waals surface area contributed by atoms with Crippen molar-refractivity contribution in [1.82, 2.24) is 5.32 Å². The zero-order valence-electron chi connectivity index (χ0n) is 9.50. The number of aliphatic hydroxyl groups excluding tert-OH is 1. The van der Waals surface area contributed by atoms with Crippen LogP contribution in [0.3, 0.4) is 0 Å². The Morgan fingerprint density at radius 1 is 1.33 bits per heavy atom. The number of aliphatic hydroxyl groups is 1. The molecule has 5 nitrogen and oxygen atoms in total. The lowest BCUT2D eigenvalue weighted by Crippen LogP contribution is -2.46. The molecular weight excluding hydrogens is 198 g/mol. The van der Waals surface area contributed by atoms with Crippen molar-refractivity contribution in [2.45, 2.75) is 39.2 Å². The van der Waals surface area contributed by atoms with E-state index in [4.69, 9.17) is 5.11 Å². The average Bonchev–Trinajstić information content (AvgIpc) is 2.15. The second kappa shape index (κ2) is 6.40. The van der Waals surface area contributed by atoms with E-state index in [2.05, 4.69) is 10.1 Å². The number of esters is 1. The van der Waals surface area contributed by atoms with Crippen LogP contribution in [0.25, 0.3) is 0 Å². The third-order valence-corrected chi connectivity index (χ3v) is 1.73. The third-order valence-electron chi connectivity index (χ3n) is 1.73. The van der Waals surface area contributed by atoms with Crippen molar-refractivity contribution < 1.29 is 19.4 Å². The van der Waals surface area contributed by atoms with E-state index < -0.39 is 5.54 Å². The highest BCUT2D eigenvalue weighted by Gasteiger charge is 2.19. The Balaban J connectivity index is 3.80. The molecule has 0 rings (SSSR count). The second-order valence-corrected chi connectivity index (χ2v) is 3.90. The third kappa shape index (κ3) is 6.90. The van der Waals surface area contributed by atoms with Crippen molar-refractivity contribution >= 4 is 11.9 Å². The van der Waals surface area contributed by atoms with Gasteiger partial charge in [-0.3, -0.25) is 9.59 Å². The first-order valence-corrected chi connectivity index (χ1v) is 4.99. The fourth-order valence-electron chi connectivity index (χ4n) is 0.928. The van der Waals surface area contributed by atoms with E-state index >= 15 is 0 Å². The van der Waals surface area contributed by atoms with Gasteiger partial charge in [0.2, 0.25) is 5.91 Å². The molecule has 0 aliphatic rings. The van der Waals surface area contributed by atoms with Gasteiger partial charge in [-0.05, 0) is 20.8 Å². The summed E-state index contributed by atoms with van der Waals surface area (Å²) < 4.78 is 4.68. The van der Waals surface area contributed by atoms with Crippen molar-refractivity contribution in [3.63, 3.8) is 0 Å². The summed E-state index contributed by atoms with van der Waals surface area (Å²) in [6.45, 7) is 5.30. The zero-order valence-corrected chi connectivity index (χ0v) is 9.50. The number of carbonyl (C=O) groups is 2. The first kappa shape index (κ1) is 13.9. The Morgan fingerprint density at radius 2 is 1.93 bits per heavy atom. The van der Waals surface area contributed by atoms with Crippen molar-refractivity contribution in [3.8, 4) is 0 Å². The number of hydrogen-bond acceptors (Lipinski definition) is 4. The largest absolute Gasteiger partial charge is 0.466 e. The van der Waals surface area contributed by atoms with Crippen molar-refractivity contribution in [2.75, 3.05) is 13.2 Å². The van der Waals surface area contributed by atoms with E-state index in [0.29, 0.717) is 6.61 Å². The predicted octanol–water partition coefficient (Wildman–Crippen LogP) is 0.217. The number of carbonyl (C=O) groups excluding carboxylic acids is 2. The van der Waals surface area contributed by atoms with Crippen LogP contribution in [0.4, 0.5) is 0 Å². The van der Waals surface area contributed by atoms with Crippen LogP contribution >= 0.6 is 0 Å². The maximum absolute atomic E-state index is 11.3. The molecule has 0 aromatic rings. The molecule has 0 fully saturated rings. The number of nitrogens with one attached hydrogen (secondary N) is 1. The highest BCUT2D eigenvalue weighted by molar-refractivity contribution is 5.81. The molecule has 2 N–H and O–H groups in total. The molecule has 0 unspecified atom stereocenters. The van der Waals surface area contributed by atoms with Gasteiger partial charge < -0.3 is 15.2 Å². The van der Waals surface area contributed by atoms with E-state index in [1.165, 1.54) is 0 Å². The summed E-state index contributed by atoms with van der Waals surface area (Å²) in [6.07, 6.45) is 0.156. The van der Waals surface area contributed by atoms with Crippen molar-refractivity contribution in [1.29, 1.82) is 0 Å². The quantitative estimate of drug-likeness (QED) is 0.624. The van der Waals surface area contributed by atoms with Crippen LogP contribution in [0, 0.1) is 0 Å². The van der Waals surface area contributed by atoms with E-state index in [9.17, 15) is 9.59 Å². The molecule has 0 aliphatic carbocycles. The summed E-state index contributed by atoms with van der Waals surface area (Å²) in [5.74, 6) is -0.642. The van der Waals surface area contributed by atoms with Gasteiger partial charge in [-0.2, -0.15) is 0 Å². The lowest BCUT2D eigenvalue weighted by atomic mass is 10.1. The predicted molar refractivity (Wildman–Crippen MR) is 55.2 cm³/mol. The minimum Gasteiger partial charge on any atom is -0.466 e. The molecule has 0 saturated heterocycles. The van der Waals surface area contributed by atoms with Gasteiger partial charge in [0.1, 0.15) is 0 Å². The molecule has 1 amide bonds. The topological polar surface area (TPSA) is 75.6 Å². The minimum absolute atomic E-state index is 0.0706. The van der Waals surface area contributed by atoms with Crippen LogP contribution in [0.5, 0.6) is 0 Å². The molecule has 0 aromatic carbocycles. The maximum Gasteiger partial charge on any atom is 0.306 e. The Bertz CT molecular complexity index is 225. The van der Waals surface area contributed by atoms with Gasteiger partial charge in [0.15, 0.2) is 0 Å². The first-order chi connectivity index (χ1) is 6.91. The van der Waals surface area contributed by atoms with E-state index in [1.807, 2.05) is 0 Å². The summed E-state index contributed by atoms with van der Waals surface area (Å²) in [7, 11) is 0. The molecule has 0 atom stereocenters. The number of amides is 1. The molecule has 0 radical (unpaired) electrons. The van der Waals surface area contributed by atoms with Crippen LogP contribution in [-0.4, -0.2) is 35.7 Å². The van der Waals surface area contributed by atoms with E-state index in [1.54, 1.807) is 20.8 Å². The minimum atomic E-state index is -0.647. The summed E-state index contributed by atoms with van der Waals surface area (Å²) in [5, 5.41) is 11.5. The Kier molecular flexibility index (Phi) is 5.93. The second-order valence-electron chi connectivity index (χ2n) is 3.90. The number of ether oxygens (including phenoxy) is 1. The van der Waals surface area contributed by atoms with Gasteiger partial charge in [-0.1, -0.05) is 0 Å². The monoisotopic (exact) mass is 217 g/mol. The Morgan fingerprint density at radius 3 is 2.40 bits per heavy atom. The smallest absolute Gasteiger partial charge is 0.306 e. The van der Waals surface area contributed by atoms with Crippen LogP contribution in [0.1, 0.15) is 33.6 Å². The molecule has 0 heterocycles. The van der Waals surface area contributed by atoms with Crippen molar-refractivity contribution in [3.05, 3.63) is 0 Å².